The molecule has 150 valence electrons. The normalized spacial score (nSPS) is 43.0. The van der Waals surface area contributed by atoms with E-state index in [-0.39, 0.29) is 22.7 Å². The summed E-state index contributed by atoms with van der Waals surface area (Å²) in [6, 6.07) is 0. The van der Waals surface area contributed by atoms with Crippen LogP contribution < -0.4 is 0 Å². The Morgan fingerprint density at radius 2 is 1.74 bits per heavy atom. The molecule has 0 aromatic heterocycles. The lowest BCUT2D eigenvalue weighted by atomic mass is 9.47. The van der Waals surface area contributed by atoms with Crippen LogP contribution in [0.2, 0.25) is 0 Å². The van der Waals surface area contributed by atoms with Gasteiger partial charge in [-0.2, -0.15) is 0 Å². The lowest BCUT2D eigenvalue weighted by Gasteiger charge is -2.56. The van der Waals surface area contributed by atoms with Crippen LogP contribution in [-0.2, 0) is 19.1 Å². The van der Waals surface area contributed by atoms with Gasteiger partial charge in [-0.25, -0.2) is 0 Å². The Bertz CT molecular complexity index is 638. The zero-order valence-electron chi connectivity index (χ0n) is 17.1. The minimum absolute atomic E-state index is 0.0855. The molecule has 0 N–H and O–H groups in total. The van der Waals surface area contributed by atoms with Gasteiger partial charge < -0.3 is 9.53 Å². The molecule has 3 unspecified atom stereocenters. The molecule has 27 heavy (non-hydrogen) atoms. The Hall–Kier alpha value is -1.29. The van der Waals surface area contributed by atoms with Gasteiger partial charge in [0.15, 0.2) is 5.78 Å². The fourth-order valence-corrected chi connectivity index (χ4v) is 6.68. The van der Waals surface area contributed by atoms with Crippen molar-refractivity contribution in [1.29, 1.82) is 0 Å². The summed E-state index contributed by atoms with van der Waals surface area (Å²) in [6.45, 7) is 10.2. The van der Waals surface area contributed by atoms with Crippen LogP contribution in [-0.4, -0.2) is 31.6 Å². The summed E-state index contributed by atoms with van der Waals surface area (Å²) in [6.07, 6.45) is 9.01. The molecule has 4 heteroatoms. The summed E-state index contributed by atoms with van der Waals surface area (Å²) in [4.78, 5) is 33.6. The fraction of sp³-hybridized carbons (Fsp3) is 0.783. The van der Waals surface area contributed by atoms with Crippen LogP contribution >= 0.6 is 0 Å². The number of carbonyl (C=O) groups is 3. The molecule has 0 aromatic rings. The Balaban J connectivity index is 0.00000102. The van der Waals surface area contributed by atoms with Crippen LogP contribution in [0.5, 0.6) is 0 Å². The molecule has 4 aliphatic rings. The second kappa shape index (κ2) is 7.62. The van der Waals surface area contributed by atoms with Crippen molar-refractivity contribution in [2.75, 3.05) is 13.2 Å². The highest BCUT2D eigenvalue weighted by Crippen LogP contribution is 2.63. The Labute approximate surface area is 163 Å². The average Bonchev–Trinajstić information content (AvgIpc) is 2.97. The summed E-state index contributed by atoms with van der Waals surface area (Å²) < 4.78 is 5.65. The Morgan fingerprint density at radius 1 is 1.07 bits per heavy atom. The summed E-state index contributed by atoms with van der Waals surface area (Å²) in [7, 11) is 0. The van der Waals surface area contributed by atoms with Crippen molar-refractivity contribution in [3.8, 4) is 0 Å². The topological polar surface area (TPSA) is 60.4 Å². The molecule has 3 saturated carbocycles. The van der Waals surface area contributed by atoms with E-state index in [0.717, 1.165) is 38.9 Å². The standard InChI is InChI=1S/C22H32O3.CH2O/c1-4-25-13-14-7-9-21(2)15(11-14)12-18(23)20-16-5-6-19(24)22(16,3)10-8-17(20)21;1-2/h12,14,16-17,20H,4-11,13H2,1-3H3;1H2/t14-,16?,17?,20?,21-,22-;/m0./s1. The monoisotopic (exact) mass is 374 g/mol. The molecular formula is C23H34O4. The van der Waals surface area contributed by atoms with E-state index in [4.69, 9.17) is 9.53 Å². The lowest BCUT2D eigenvalue weighted by Crippen LogP contribution is -2.53. The molecule has 0 spiro atoms. The zero-order valence-corrected chi connectivity index (χ0v) is 17.1. The quantitative estimate of drug-likeness (QED) is 0.744. The van der Waals surface area contributed by atoms with Crippen LogP contribution in [0.3, 0.4) is 0 Å². The summed E-state index contributed by atoms with van der Waals surface area (Å²) in [5, 5.41) is 0. The van der Waals surface area contributed by atoms with E-state index >= 15 is 0 Å². The van der Waals surface area contributed by atoms with Crippen molar-refractivity contribution < 1.29 is 19.1 Å². The van der Waals surface area contributed by atoms with Gasteiger partial charge in [-0.05, 0) is 74.7 Å². The molecule has 4 rings (SSSR count). The second-order valence-electron chi connectivity index (χ2n) is 9.41. The van der Waals surface area contributed by atoms with Crippen molar-refractivity contribution in [3.63, 3.8) is 0 Å². The molecular weight excluding hydrogens is 340 g/mol. The maximum Gasteiger partial charge on any atom is 0.159 e. The molecule has 3 fully saturated rings. The summed E-state index contributed by atoms with van der Waals surface area (Å²) in [5.41, 5.74) is 1.31. The highest BCUT2D eigenvalue weighted by molar-refractivity contribution is 5.96. The maximum atomic E-state index is 13.1. The third-order valence-corrected chi connectivity index (χ3v) is 8.31. The van der Waals surface area contributed by atoms with Crippen molar-refractivity contribution in [2.24, 2.45) is 34.5 Å². The molecule has 0 radical (unpaired) electrons. The third kappa shape index (κ3) is 3.14. The molecule has 0 heterocycles. The van der Waals surface area contributed by atoms with Crippen LogP contribution in [0.4, 0.5) is 0 Å². The van der Waals surface area contributed by atoms with E-state index in [0.29, 0.717) is 29.8 Å². The first-order valence-electron chi connectivity index (χ1n) is 10.5. The van der Waals surface area contributed by atoms with Gasteiger partial charge in [-0.15, -0.1) is 0 Å². The minimum atomic E-state index is -0.231. The van der Waals surface area contributed by atoms with E-state index in [2.05, 4.69) is 13.8 Å². The molecule has 0 aliphatic heterocycles. The van der Waals surface area contributed by atoms with Gasteiger partial charge in [0.25, 0.3) is 0 Å². The fourth-order valence-electron chi connectivity index (χ4n) is 6.68. The number of carbonyl (C=O) groups excluding carboxylic acids is 3. The highest BCUT2D eigenvalue weighted by atomic mass is 16.5. The maximum absolute atomic E-state index is 13.1. The average molecular weight is 375 g/mol. The van der Waals surface area contributed by atoms with Crippen molar-refractivity contribution in [3.05, 3.63) is 11.6 Å². The molecule has 6 atom stereocenters. The van der Waals surface area contributed by atoms with Crippen molar-refractivity contribution >= 4 is 18.4 Å². The number of ketones is 2. The predicted molar refractivity (Wildman–Crippen MR) is 104 cm³/mol. The molecule has 0 aromatic carbocycles. The van der Waals surface area contributed by atoms with E-state index in [1.807, 2.05) is 19.8 Å². The Kier molecular flexibility index (Phi) is 5.77. The number of ether oxygens (including phenoxy) is 1. The highest BCUT2D eigenvalue weighted by Gasteiger charge is 2.60. The van der Waals surface area contributed by atoms with Gasteiger partial charge in [-0.1, -0.05) is 19.4 Å². The smallest absolute Gasteiger partial charge is 0.159 e. The number of fused-ring (bicyclic) bond motifs is 5. The number of hydrogen-bond acceptors (Lipinski definition) is 4. The zero-order chi connectivity index (χ0) is 19.8. The van der Waals surface area contributed by atoms with Gasteiger partial charge in [0.05, 0.1) is 0 Å². The van der Waals surface area contributed by atoms with Gasteiger partial charge in [0, 0.05) is 31.0 Å². The lowest BCUT2D eigenvalue weighted by molar-refractivity contribution is -0.139. The van der Waals surface area contributed by atoms with Crippen LogP contribution in [0.1, 0.15) is 65.7 Å². The number of hydrogen-bond donors (Lipinski definition) is 0. The van der Waals surface area contributed by atoms with Gasteiger partial charge in [0.1, 0.15) is 12.6 Å². The molecule has 0 saturated heterocycles. The van der Waals surface area contributed by atoms with Crippen molar-refractivity contribution in [2.45, 2.75) is 65.7 Å². The summed E-state index contributed by atoms with van der Waals surface area (Å²) in [5.74, 6) is 2.09. The van der Waals surface area contributed by atoms with Crippen molar-refractivity contribution in [1.82, 2.24) is 0 Å². The SMILES string of the molecule is C=O.CCOC[C@H]1CC[C@@]2(C)C(=CC(=O)C3C2CC[C@]2(C)C(=O)CCC32)C1. The Morgan fingerprint density at radius 3 is 2.44 bits per heavy atom. The van der Waals surface area contributed by atoms with E-state index in [9.17, 15) is 9.59 Å². The predicted octanol–water partition coefficient (Wildman–Crippen LogP) is 4.17. The first-order chi connectivity index (χ1) is 12.9. The van der Waals surface area contributed by atoms with Gasteiger partial charge in [0.2, 0.25) is 0 Å². The van der Waals surface area contributed by atoms with E-state index in [1.165, 1.54) is 18.4 Å². The minimum Gasteiger partial charge on any atom is -0.381 e. The third-order valence-electron chi connectivity index (χ3n) is 8.31. The first kappa shape index (κ1) is 20.4. The van der Waals surface area contributed by atoms with Crippen LogP contribution in [0.15, 0.2) is 11.6 Å². The second-order valence-corrected chi connectivity index (χ2v) is 9.41. The number of Topliss-reactive ketones (excluding diaryl/α,β-unsaturated/α-hetero) is 1. The first-order valence-corrected chi connectivity index (χ1v) is 10.5. The summed E-state index contributed by atoms with van der Waals surface area (Å²) >= 11 is 0. The molecule has 4 aliphatic carbocycles. The van der Waals surface area contributed by atoms with Gasteiger partial charge in [-0.3, -0.25) is 9.59 Å². The molecule has 0 amide bonds. The van der Waals surface area contributed by atoms with E-state index < -0.39 is 0 Å². The van der Waals surface area contributed by atoms with Crippen LogP contribution in [0, 0.1) is 34.5 Å². The number of rotatable bonds is 3. The molecule has 4 nitrogen and oxygen atoms in total. The number of allylic oxidation sites excluding steroid dienone is 2. The van der Waals surface area contributed by atoms with E-state index in [1.54, 1.807) is 0 Å². The molecule has 0 bridgehead atoms. The largest absolute Gasteiger partial charge is 0.381 e. The van der Waals surface area contributed by atoms with Gasteiger partial charge >= 0.3 is 0 Å². The van der Waals surface area contributed by atoms with Crippen LogP contribution in [0.25, 0.3) is 0 Å².